The van der Waals surface area contributed by atoms with Crippen molar-refractivity contribution in [2.45, 2.75) is 46.5 Å². The van der Waals surface area contributed by atoms with Gasteiger partial charge in [0.1, 0.15) is 0 Å². The van der Waals surface area contributed by atoms with Gasteiger partial charge in [0.05, 0.1) is 0 Å². The van der Waals surface area contributed by atoms with Crippen molar-refractivity contribution in [1.29, 1.82) is 0 Å². The van der Waals surface area contributed by atoms with E-state index in [9.17, 15) is 0 Å². The van der Waals surface area contributed by atoms with Gasteiger partial charge in [-0.3, -0.25) is 9.89 Å². The van der Waals surface area contributed by atoms with E-state index < -0.39 is 0 Å². The summed E-state index contributed by atoms with van der Waals surface area (Å²) in [5.74, 6) is 1.55. The highest BCUT2D eigenvalue weighted by molar-refractivity contribution is 5.79. The summed E-state index contributed by atoms with van der Waals surface area (Å²) in [7, 11) is 0. The standard InChI is InChI=1S/C23H41N5/c1-5-24-23(26-14-15-28-18-16-27(6-2)17-19-28)25-13-7-8-21-9-11-22(12-10-21)20(3)4/h9-12,20H,5-8,13-19H2,1-4H3,(H2,24,25,26). The lowest BCUT2D eigenvalue weighted by Gasteiger charge is -2.34. The van der Waals surface area contributed by atoms with Crippen molar-refractivity contribution in [3.63, 3.8) is 0 Å². The topological polar surface area (TPSA) is 42.9 Å². The van der Waals surface area contributed by atoms with Crippen LogP contribution in [0.2, 0.25) is 0 Å². The van der Waals surface area contributed by atoms with Crippen LogP contribution in [-0.2, 0) is 6.42 Å². The third kappa shape index (κ3) is 8.19. The number of nitrogens with zero attached hydrogens (tertiary/aromatic N) is 3. The van der Waals surface area contributed by atoms with Crippen molar-refractivity contribution in [2.75, 3.05) is 58.9 Å². The monoisotopic (exact) mass is 387 g/mol. The number of aryl methyl sites for hydroxylation is 1. The van der Waals surface area contributed by atoms with Crippen LogP contribution in [0.25, 0.3) is 0 Å². The first-order valence-electron chi connectivity index (χ1n) is 11.2. The molecule has 0 radical (unpaired) electrons. The number of hydrogen-bond acceptors (Lipinski definition) is 3. The number of guanidine groups is 1. The third-order valence-electron chi connectivity index (χ3n) is 5.52. The molecule has 158 valence electrons. The predicted molar refractivity (Wildman–Crippen MR) is 121 cm³/mol. The van der Waals surface area contributed by atoms with Gasteiger partial charge in [0.25, 0.3) is 0 Å². The van der Waals surface area contributed by atoms with Crippen molar-refractivity contribution < 1.29 is 0 Å². The van der Waals surface area contributed by atoms with E-state index in [4.69, 9.17) is 4.99 Å². The molecule has 1 aliphatic heterocycles. The van der Waals surface area contributed by atoms with Gasteiger partial charge in [-0.1, -0.05) is 45.0 Å². The van der Waals surface area contributed by atoms with Crippen LogP contribution < -0.4 is 10.6 Å². The summed E-state index contributed by atoms with van der Waals surface area (Å²) < 4.78 is 0. The number of hydrogen-bond donors (Lipinski definition) is 2. The first-order chi connectivity index (χ1) is 13.6. The average molecular weight is 388 g/mol. The molecule has 0 bridgehead atoms. The van der Waals surface area contributed by atoms with E-state index in [2.05, 4.69) is 72.4 Å². The summed E-state index contributed by atoms with van der Waals surface area (Å²) >= 11 is 0. The summed E-state index contributed by atoms with van der Waals surface area (Å²) in [5, 5.41) is 6.86. The molecule has 0 unspecified atom stereocenters. The zero-order chi connectivity index (χ0) is 20.2. The highest BCUT2D eigenvalue weighted by atomic mass is 15.3. The summed E-state index contributed by atoms with van der Waals surface area (Å²) in [5.41, 5.74) is 2.82. The largest absolute Gasteiger partial charge is 0.357 e. The summed E-state index contributed by atoms with van der Waals surface area (Å²) in [6, 6.07) is 9.05. The Morgan fingerprint density at radius 3 is 2.29 bits per heavy atom. The van der Waals surface area contributed by atoms with Gasteiger partial charge >= 0.3 is 0 Å². The molecule has 1 aromatic carbocycles. The molecule has 0 saturated carbocycles. The van der Waals surface area contributed by atoms with Gasteiger partial charge in [0.2, 0.25) is 0 Å². The summed E-state index contributed by atoms with van der Waals surface area (Å²) in [6.45, 7) is 18.6. The number of aliphatic imine (C=N–C) groups is 1. The molecule has 1 heterocycles. The van der Waals surface area contributed by atoms with E-state index in [1.807, 2.05) is 0 Å². The first-order valence-corrected chi connectivity index (χ1v) is 11.2. The van der Waals surface area contributed by atoms with Crippen LogP contribution in [0.15, 0.2) is 29.3 Å². The number of piperazine rings is 1. The van der Waals surface area contributed by atoms with E-state index in [-0.39, 0.29) is 0 Å². The van der Waals surface area contributed by atoms with Gasteiger partial charge in [-0.15, -0.1) is 0 Å². The van der Waals surface area contributed by atoms with Gasteiger partial charge in [-0.2, -0.15) is 0 Å². The van der Waals surface area contributed by atoms with E-state index in [0.717, 1.165) is 45.0 Å². The number of likely N-dealkylation sites (N-methyl/N-ethyl adjacent to an activating group) is 1. The second-order valence-corrected chi connectivity index (χ2v) is 7.96. The molecule has 1 fully saturated rings. The molecule has 0 amide bonds. The molecule has 0 aliphatic carbocycles. The molecular formula is C23H41N5. The second kappa shape index (κ2) is 12.8. The zero-order valence-corrected chi connectivity index (χ0v) is 18.5. The van der Waals surface area contributed by atoms with Crippen molar-refractivity contribution in [3.05, 3.63) is 35.4 Å². The van der Waals surface area contributed by atoms with Gasteiger partial charge in [0.15, 0.2) is 5.96 Å². The molecule has 28 heavy (non-hydrogen) atoms. The van der Waals surface area contributed by atoms with Crippen LogP contribution in [0.4, 0.5) is 0 Å². The Morgan fingerprint density at radius 2 is 1.68 bits per heavy atom. The molecule has 2 N–H and O–H groups in total. The molecule has 0 aromatic heterocycles. The Kier molecular flexibility index (Phi) is 10.4. The fraction of sp³-hybridized carbons (Fsp3) is 0.696. The molecule has 2 rings (SSSR count). The van der Waals surface area contributed by atoms with E-state index in [1.165, 1.54) is 43.9 Å². The molecular weight excluding hydrogens is 346 g/mol. The van der Waals surface area contributed by atoms with Crippen molar-refractivity contribution >= 4 is 5.96 Å². The van der Waals surface area contributed by atoms with E-state index in [1.54, 1.807) is 0 Å². The molecule has 1 aliphatic rings. The number of rotatable bonds is 10. The van der Waals surface area contributed by atoms with E-state index >= 15 is 0 Å². The minimum absolute atomic E-state index is 0.600. The number of benzene rings is 1. The lowest BCUT2D eigenvalue weighted by atomic mass is 10.0. The molecule has 1 saturated heterocycles. The molecule has 0 spiro atoms. The lowest BCUT2D eigenvalue weighted by molar-refractivity contribution is 0.139. The molecule has 0 atom stereocenters. The molecule has 5 nitrogen and oxygen atoms in total. The Balaban J connectivity index is 1.67. The van der Waals surface area contributed by atoms with Gasteiger partial charge < -0.3 is 15.5 Å². The highest BCUT2D eigenvalue weighted by Gasteiger charge is 2.14. The minimum atomic E-state index is 0.600. The maximum absolute atomic E-state index is 4.75. The van der Waals surface area contributed by atoms with Crippen LogP contribution in [0.5, 0.6) is 0 Å². The van der Waals surface area contributed by atoms with Gasteiger partial charge in [-0.25, -0.2) is 0 Å². The highest BCUT2D eigenvalue weighted by Crippen LogP contribution is 2.15. The van der Waals surface area contributed by atoms with Gasteiger partial charge in [0, 0.05) is 52.4 Å². The first kappa shape index (κ1) is 22.7. The molecule has 5 heteroatoms. The predicted octanol–water partition coefficient (Wildman–Crippen LogP) is 2.94. The quantitative estimate of drug-likeness (QED) is 0.368. The summed E-state index contributed by atoms with van der Waals surface area (Å²) in [6.07, 6.45) is 2.17. The lowest BCUT2D eigenvalue weighted by Crippen LogP contribution is -2.49. The van der Waals surface area contributed by atoms with Gasteiger partial charge in [-0.05, 0) is 43.4 Å². The Morgan fingerprint density at radius 1 is 1.00 bits per heavy atom. The normalized spacial score (nSPS) is 16.5. The second-order valence-electron chi connectivity index (χ2n) is 7.96. The van der Waals surface area contributed by atoms with Crippen molar-refractivity contribution in [1.82, 2.24) is 20.4 Å². The Hall–Kier alpha value is -1.59. The maximum Gasteiger partial charge on any atom is 0.191 e. The third-order valence-corrected chi connectivity index (χ3v) is 5.52. The minimum Gasteiger partial charge on any atom is -0.357 e. The fourth-order valence-corrected chi connectivity index (χ4v) is 3.55. The van der Waals surface area contributed by atoms with Crippen molar-refractivity contribution in [3.8, 4) is 0 Å². The smallest absolute Gasteiger partial charge is 0.191 e. The van der Waals surface area contributed by atoms with Crippen LogP contribution in [0, 0.1) is 0 Å². The van der Waals surface area contributed by atoms with Crippen LogP contribution in [0.1, 0.15) is 51.2 Å². The maximum atomic E-state index is 4.75. The van der Waals surface area contributed by atoms with E-state index in [0.29, 0.717) is 5.92 Å². The SMILES string of the molecule is CCNC(=NCCCc1ccc(C(C)C)cc1)NCCN1CCN(CC)CC1. The van der Waals surface area contributed by atoms with Crippen LogP contribution in [-0.4, -0.2) is 74.7 Å². The summed E-state index contributed by atoms with van der Waals surface area (Å²) in [4.78, 5) is 9.81. The average Bonchev–Trinajstić information content (AvgIpc) is 2.72. The molecule has 1 aromatic rings. The van der Waals surface area contributed by atoms with Crippen molar-refractivity contribution in [2.24, 2.45) is 4.99 Å². The Labute approximate surface area is 172 Å². The fourth-order valence-electron chi connectivity index (χ4n) is 3.55. The Bertz CT molecular complexity index is 559. The zero-order valence-electron chi connectivity index (χ0n) is 18.5. The number of nitrogens with one attached hydrogen (secondary N) is 2. The van der Waals surface area contributed by atoms with Crippen LogP contribution >= 0.6 is 0 Å². The van der Waals surface area contributed by atoms with Crippen LogP contribution in [0.3, 0.4) is 0 Å².